The van der Waals surface area contributed by atoms with Crippen LogP contribution >= 0.6 is 15.9 Å². The van der Waals surface area contributed by atoms with Gasteiger partial charge in [-0.25, -0.2) is 0 Å². The zero-order chi connectivity index (χ0) is 18.6. The summed E-state index contributed by atoms with van der Waals surface area (Å²) in [5.74, 6) is -0.122. The second kappa shape index (κ2) is 5.88. The van der Waals surface area contributed by atoms with Crippen molar-refractivity contribution in [2.75, 3.05) is 14.2 Å². The maximum absolute atomic E-state index is 13.1. The Bertz CT molecular complexity index is 1120. The molecule has 6 nitrogen and oxygen atoms in total. The smallest absolute Gasteiger partial charge is 0.290 e. The lowest BCUT2D eigenvalue weighted by molar-refractivity contribution is 0.0771. The number of fused-ring (bicyclic) bond motifs is 2. The first-order valence-electron chi connectivity index (χ1n) is 7.83. The molecule has 0 unspecified atom stereocenters. The van der Waals surface area contributed by atoms with E-state index in [2.05, 4.69) is 15.9 Å². The highest BCUT2D eigenvalue weighted by Crippen LogP contribution is 2.42. The standard InChI is InChI=1S/C19H14BrNO5/c1-21-15(9-7-11(20)17(23)13(8-9)25-2)14-16(22)10-5-3-4-6-12(10)26-18(14)19(21)24/h3-8,15,23H,1-2H3/t15-/m0/s1. The van der Waals surface area contributed by atoms with Crippen molar-refractivity contribution < 1.29 is 19.1 Å². The number of aromatic hydroxyl groups is 1. The van der Waals surface area contributed by atoms with E-state index in [9.17, 15) is 14.7 Å². The van der Waals surface area contributed by atoms with Crippen LogP contribution in [-0.4, -0.2) is 30.1 Å². The normalized spacial score (nSPS) is 16.2. The highest BCUT2D eigenvalue weighted by Gasteiger charge is 2.41. The Morgan fingerprint density at radius 2 is 1.96 bits per heavy atom. The van der Waals surface area contributed by atoms with Crippen molar-refractivity contribution in [3.63, 3.8) is 0 Å². The van der Waals surface area contributed by atoms with Crippen LogP contribution in [0, 0.1) is 0 Å². The molecule has 2 aromatic carbocycles. The molecule has 1 aliphatic rings. The van der Waals surface area contributed by atoms with E-state index in [1.165, 1.54) is 12.0 Å². The van der Waals surface area contributed by atoms with E-state index >= 15 is 0 Å². The van der Waals surface area contributed by atoms with Gasteiger partial charge in [0.05, 0.1) is 28.6 Å². The summed E-state index contributed by atoms with van der Waals surface area (Å²) in [6.45, 7) is 0. The molecule has 0 saturated heterocycles. The fourth-order valence-electron chi connectivity index (χ4n) is 3.33. The molecule has 2 heterocycles. The summed E-state index contributed by atoms with van der Waals surface area (Å²) < 4.78 is 11.3. The summed E-state index contributed by atoms with van der Waals surface area (Å²) in [5, 5.41) is 10.5. The SMILES string of the molecule is COc1cc([C@H]2c3c(oc4ccccc4c3=O)C(=O)N2C)cc(Br)c1O. The molecule has 0 saturated carbocycles. The first-order chi connectivity index (χ1) is 12.4. The van der Waals surface area contributed by atoms with Crippen molar-refractivity contribution in [2.24, 2.45) is 0 Å². The van der Waals surface area contributed by atoms with E-state index in [0.29, 0.717) is 21.0 Å². The number of carbonyl (C=O) groups is 1. The lowest BCUT2D eigenvalue weighted by Crippen LogP contribution is -2.25. The number of hydrogen-bond acceptors (Lipinski definition) is 5. The Hall–Kier alpha value is -2.80. The van der Waals surface area contributed by atoms with Gasteiger partial charge in [0, 0.05) is 7.05 Å². The molecule has 1 amide bonds. The number of ether oxygens (including phenoxy) is 1. The van der Waals surface area contributed by atoms with Crippen molar-refractivity contribution in [1.82, 2.24) is 4.90 Å². The van der Waals surface area contributed by atoms with Gasteiger partial charge in [-0.05, 0) is 45.8 Å². The number of methoxy groups -OCH3 is 1. The van der Waals surface area contributed by atoms with Gasteiger partial charge in [-0.1, -0.05) is 12.1 Å². The van der Waals surface area contributed by atoms with E-state index in [-0.39, 0.29) is 34.2 Å². The number of phenolic OH excluding ortho intramolecular Hbond substituents is 1. The number of benzene rings is 2. The summed E-state index contributed by atoms with van der Waals surface area (Å²) in [6.07, 6.45) is 0. The molecule has 26 heavy (non-hydrogen) atoms. The highest BCUT2D eigenvalue weighted by molar-refractivity contribution is 9.10. The molecule has 0 bridgehead atoms. The summed E-state index contributed by atoms with van der Waals surface area (Å²) in [6, 6.07) is 9.48. The zero-order valence-corrected chi connectivity index (χ0v) is 15.5. The zero-order valence-electron chi connectivity index (χ0n) is 13.9. The van der Waals surface area contributed by atoms with Crippen molar-refractivity contribution in [2.45, 2.75) is 6.04 Å². The van der Waals surface area contributed by atoms with Gasteiger partial charge < -0.3 is 19.2 Å². The van der Waals surface area contributed by atoms with Gasteiger partial charge in [-0.3, -0.25) is 9.59 Å². The minimum absolute atomic E-state index is 0.0457. The topological polar surface area (TPSA) is 80.0 Å². The van der Waals surface area contributed by atoms with Crippen molar-refractivity contribution >= 4 is 32.8 Å². The number of nitrogens with zero attached hydrogens (tertiary/aromatic N) is 1. The van der Waals surface area contributed by atoms with Gasteiger partial charge in [0.25, 0.3) is 5.91 Å². The fourth-order valence-corrected chi connectivity index (χ4v) is 3.79. The van der Waals surface area contributed by atoms with E-state index < -0.39 is 6.04 Å². The lowest BCUT2D eigenvalue weighted by Gasteiger charge is -2.21. The predicted octanol–water partition coefficient (Wildman–Crippen LogP) is 3.44. The largest absolute Gasteiger partial charge is 0.503 e. The molecule has 0 spiro atoms. The van der Waals surface area contributed by atoms with E-state index in [0.717, 1.165) is 0 Å². The van der Waals surface area contributed by atoms with Crippen LogP contribution in [0.15, 0.2) is 50.1 Å². The number of phenols is 1. The third kappa shape index (κ3) is 2.24. The Balaban J connectivity index is 2.02. The van der Waals surface area contributed by atoms with Crippen molar-refractivity contribution in [3.05, 3.63) is 68.0 Å². The molecular formula is C19H14BrNO5. The van der Waals surface area contributed by atoms with Crippen molar-refractivity contribution in [3.8, 4) is 11.5 Å². The Kier molecular flexibility index (Phi) is 3.77. The quantitative estimate of drug-likeness (QED) is 0.693. The third-order valence-corrected chi connectivity index (χ3v) is 5.20. The molecule has 132 valence electrons. The van der Waals surface area contributed by atoms with Gasteiger partial charge in [0.2, 0.25) is 5.76 Å². The third-order valence-electron chi connectivity index (χ3n) is 4.59. The van der Waals surface area contributed by atoms with E-state index in [1.54, 1.807) is 43.4 Å². The van der Waals surface area contributed by atoms with Gasteiger partial charge in [0.1, 0.15) is 5.58 Å². The molecule has 0 aliphatic carbocycles. The van der Waals surface area contributed by atoms with E-state index in [1.807, 2.05) is 0 Å². The van der Waals surface area contributed by atoms with Crippen LogP contribution < -0.4 is 10.2 Å². The lowest BCUT2D eigenvalue weighted by atomic mass is 9.98. The highest BCUT2D eigenvalue weighted by atomic mass is 79.9. The molecule has 3 aromatic rings. The number of halogens is 1. The molecule has 1 aromatic heterocycles. The molecule has 1 aliphatic heterocycles. The number of para-hydroxylation sites is 1. The maximum Gasteiger partial charge on any atom is 0.290 e. The van der Waals surface area contributed by atoms with Crippen LogP contribution in [0.5, 0.6) is 11.5 Å². The summed E-state index contributed by atoms with van der Waals surface area (Å²) in [7, 11) is 3.05. The van der Waals surface area contributed by atoms with Crippen LogP contribution in [0.2, 0.25) is 0 Å². The average molecular weight is 416 g/mol. The van der Waals surface area contributed by atoms with Crippen LogP contribution in [0.25, 0.3) is 11.0 Å². The molecule has 1 atom stereocenters. The maximum atomic E-state index is 13.1. The number of amides is 1. The van der Waals surface area contributed by atoms with Gasteiger partial charge >= 0.3 is 0 Å². The van der Waals surface area contributed by atoms with Gasteiger partial charge in [-0.2, -0.15) is 0 Å². The van der Waals surface area contributed by atoms with Crippen LogP contribution in [0.4, 0.5) is 0 Å². The van der Waals surface area contributed by atoms with Gasteiger partial charge in [-0.15, -0.1) is 0 Å². The molecule has 0 fully saturated rings. The number of rotatable bonds is 2. The summed E-state index contributed by atoms with van der Waals surface area (Å²) in [5.41, 5.74) is 1.05. The second-order valence-corrected chi connectivity index (χ2v) is 6.90. The average Bonchev–Trinajstić information content (AvgIpc) is 2.89. The fraction of sp³-hybridized carbons (Fsp3) is 0.158. The van der Waals surface area contributed by atoms with E-state index in [4.69, 9.17) is 9.15 Å². The molecule has 1 N–H and O–H groups in total. The Morgan fingerprint density at radius 1 is 1.23 bits per heavy atom. The minimum Gasteiger partial charge on any atom is -0.503 e. The number of carbonyl (C=O) groups excluding carboxylic acids is 1. The summed E-state index contributed by atoms with van der Waals surface area (Å²) in [4.78, 5) is 27.2. The van der Waals surface area contributed by atoms with Gasteiger partial charge in [0.15, 0.2) is 16.9 Å². The van der Waals surface area contributed by atoms with Crippen LogP contribution in [-0.2, 0) is 0 Å². The summed E-state index contributed by atoms with van der Waals surface area (Å²) >= 11 is 3.28. The Morgan fingerprint density at radius 3 is 2.69 bits per heavy atom. The van der Waals surface area contributed by atoms with Crippen LogP contribution in [0.1, 0.15) is 27.7 Å². The van der Waals surface area contributed by atoms with Crippen LogP contribution in [0.3, 0.4) is 0 Å². The second-order valence-electron chi connectivity index (χ2n) is 6.04. The molecule has 0 radical (unpaired) electrons. The Labute approximate surface area is 156 Å². The molecular weight excluding hydrogens is 402 g/mol. The minimum atomic E-state index is -0.635. The first-order valence-corrected chi connectivity index (χ1v) is 8.62. The monoisotopic (exact) mass is 415 g/mol. The first kappa shape index (κ1) is 16.7. The molecule has 7 heteroatoms. The predicted molar refractivity (Wildman–Crippen MR) is 98.8 cm³/mol. The van der Waals surface area contributed by atoms with Crippen molar-refractivity contribution in [1.29, 1.82) is 0 Å². The molecule has 4 rings (SSSR count). The number of hydrogen-bond donors (Lipinski definition) is 1.